The van der Waals surface area contributed by atoms with E-state index in [1.807, 2.05) is 38.1 Å². The molecule has 1 heterocycles. The first kappa shape index (κ1) is 15.5. The second-order valence-electron chi connectivity index (χ2n) is 5.51. The minimum Gasteiger partial charge on any atom is -0.359 e. The van der Waals surface area contributed by atoms with E-state index in [1.54, 1.807) is 0 Å². The first-order valence-electron chi connectivity index (χ1n) is 8.03. The summed E-state index contributed by atoms with van der Waals surface area (Å²) >= 11 is 0. The maximum Gasteiger partial charge on any atom is 0.132 e. The summed E-state index contributed by atoms with van der Waals surface area (Å²) in [7, 11) is 0. The van der Waals surface area contributed by atoms with Crippen LogP contribution >= 0.6 is 0 Å². The number of hydrogen-bond donors (Lipinski definition) is 0. The summed E-state index contributed by atoms with van der Waals surface area (Å²) in [6.45, 7) is 6.80. The molecular formula is C20H22N2O. The molecule has 0 aliphatic heterocycles. The maximum absolute atomic E-state index is 5.84. The van der Waals surface area contributed by atoms with Crippen LogP contribution in [0.5, 0.6) is 0 Å². The van der Waals surface area contributed by atoms with Gasteiger partial charge in [0.2, 0.25) is 0 Å². The summed E-state index contributed by atoms with van der Waals surface area (Å²) in [5.74, 6) is 0.962. The number of ether oxygens (including phenoxy) is 1. The third-order valence-electron chi connectivity index (χ3n) is 3.95. The van der Waals surface area contributed by atoms with Crippen molar-refractivity contribution in [2.24, 2.45) is 0 Å². The minimum atomic E-state index is -0.0554. The summed E-state index contributed by atoms with van der Waals surface area (Å²) in [5, 5.41) is 0. The largest absolute Gasteiger partial charge is 0.359 e. The molecule has 0 bridgehead atoms. The average molecular weight is 306 g/mol. The van der Waals surface area contributed by atoms with E-state index in [2.05, 4.69) is 47.9 Å². The quantitative estimate of drug-likeness (QED) is 0.657. The van der Waals surface area contributed by atoms with Crippen molar-refractivity contribution in [2.45, 2.75) is 27.0 Å². The average Bonchev–Trinajstić information content (AvgIpc) is 2.94. The van der Waals surface area contributed by atoms with E-state index in [4.69, 9.17) is 9.72 Å². The molecule has 0 saturated carbocycles. The summed E-state index contributed by atoms with van der Waals surface area (Å²) in [4.78, 5) is 4.84. The second kappa shape index (κ2) is 6.80. The molecule has 3 heteroatoms. The van der Waals surface area contributed by atoms with Gasteiger partial charge < -0.3 is 9.30 Å². The van der Waals surface area contributed by atoms with Crippen molar-refractivity contribution in [3.63, 3.8) is 0 Å². The minimum absolute atomic E-state index is 0.0554. The number of rotatable bonds is 5. The molecule has 0 radical (unpaired) electrons. The molecule has 0 fully saturated rings. The SMILES string of the molecule is CCOC(C)n1c(C)nc(-c2ccccc2)c1-c1ccccc1. The van der Waals surface area contributed by atoms with Gasteiger partial charge in [0, 0.05) is 17.7 Å². The summed E-state index contributed by atoms with van der Waals surface area (Å²) in [6, 6.07) is 20.7. The lowest BCUT2D eigenvalue weighted by molar-refractivity contribution is 0.0245. The van der Waals surface area contributed by atoms with E-state index in [0.717, 1.165) is 28.3 Å². The molecule has 0 aliphatic carbocycles. The van der Waals surface area contributed by atoms with Crippen LogP contribution in [0.3, 0.4) is 0 Å². The molecule has 0 amide bonds. The highest BCUT2D eigenvalue weighted by Crippen LogP contribution is 2.34. The monoisotopic (exact) mass is 306 g/mol. The van der Waals surface area contributed by atoms with Gasteiger partial charge in [-0.1, -0.05) is 60.7 Å². The van der Waals surface area contributed by atoms with E-state index in [0.29, 0.717) is 6.61 Å². The first-order chi connectivity index (χ1) is 11.2. The lowest BCUT2D eigenvalue weighted by Gasteiger charge is -2.19. The fourth-order valence-corrected chi connectivity index (χ4v) is 2.97. The lowest BCUT2D eigenvalue weighted by Crippen LogP contribution is -2.12. The van der Waals surface area contributed by atoms with Crippen molar-refractivity contribution in [1.82, 2.24) is 9.55 Å². The van der Waals surface area contributed by atoms with Crippen molar-refractivity contribution in [3.8, 4) is 22.5 Å². The van der Waals surface area contributed by atoms with Crippen molar-refractivity contribution in [1.29, 1.82) is 0 Å². The third-order valence-corrected chi connectivity index (χ3v) is 3.95. The third kappa shape index (κ3) is 3.06. The van der Waals surface area contributed by atoms with E-state index in [1.165, 1.54) is 0 Å². The van der Waals surface area contributed by atoms with Crippen LogP contribution in [0, 0.1) is 6.92 Å². The molecule has 0 N–H and O–H groups in total. The topological polar surface area (TPSA) is 27.1 Å². The molecule has 0 spiro atoms. The van der Waals surface area contributed by atoms with Crippen molar-refractivity contribution in [3.05, 3.63) is 66.5 Å². The fourth-order valence-electron chi connectivity index (χ4n) is 2.97. The zero-order valence-electron chi connectivity index (χ0n) is 13.9. The maximum atomic E-state index is 5.84. The zero-order chi connectivity index (χ0) is 16.2. The Morgan fingerprint density at radius 3 is 2.09 bits per heavy atom. The Morgan fingerprint density at radius 1 is 0.957 bits per heavy atom. The van der Waals surface area contributed by atoms with Crippen LogP contribution in [0.4, 0.5) is 0 Å². The number of benzene rings is 2. The Bertz CT molecular complexity index is 763. The number of nitrogens with zero attached hydrogens (tertiary/aromatic N) is 2. The van der Waals surface area contributed by atoms with Gasteiger partial charge in [0.25, 0.3) is 0 Å². The van der Waals surface area contributed by atoms with Gasteiger partial charge >= 0.3 is 0 Å². The van der Waals surface area contributed by atoms with Gasteiger partial charge in [-0.15, -0.1) is 0 Å². The highest BCUT2D eigenvalue weighted by Gasteiger charge is 2.21. The number of aryl methyl sites for hydroxylation is 1. The molecular weight excluding hydrogens is 284 g/mol. The molecule has 0 aliphatic rings. The van der Waals surface area contributed by atoms with Crippen molar-refractivity contribution < 1.29 is 4.74 Å². The second-order valence-corrected chi connectivity index (χ2v) is 5.51. The molecule has 118 valence electrons. The summed E-state index contributed by atoms with van der Waals surface area (Å²) < 4.78 is 8.02. The molecule has 23 heavy (non-hydrogen) atoms. The predicted molar refractivity (Wildman–Crippen MR) is 94.2 cm³/mol. The number of hydrogen-bond acceptors (Lipinski definition) is 2. The lowest BCUT2D eigenvalue weighted by atomic mass is 10.0. The predicted octanol–water partition coefficient (Wildman–Crippen LogP) is 5.08. The first-order valence-corrected chi connectivity index (χ1v) is 8.03. The molecule has 1 unspecified atom stereocenters. The zero-order valence-corrected chi connectivity index (χ0v) is 13.9. The van der Waals surface area contributed by atoms with E-state index >= 15 is 0 Å². The molecule has 3 nitrogen and oxygen atoms in total. The van der Waals surface area contributed by atoms with Gasteiger partial charge in [0.15, 0.2) is 0 Å². The Morgan fingerprint density at radius 2 is 1.52 bits per heavy atom. The van der Waals surface area contributed by atoms with E-state index in [-0.39, 0.29) is 6.23 Å². The molecule has 1 atom stereocenters. The summed E-state index contributed by atoms with van der Waals surface area (Å²) in [6.07, 6.45) is -0.0554. The Hall–Kier alpha value is -2.39. The standard InChI is InChI=1S/C20H22N2O/c1-4-23-16(3)22-15(2)21-19(17-11-7-5-8-12-17)20(22)18-13-9-6-10-14-18/h5-14,16H,4H2,1-3H3. The Balaban J connectivity index is 2.23. The van der Waals surface area contributed by atoms with Gasteiger partial charge in [0.1, 0.15) is 12.1 Å². The molecule has 3 aromatic rings. The van der Waals surface area contributed by atoms with Gasteiger partial charge in [-0.05, 0) is 20.8 Å². The Kier molecular flexibility index (Phi) is 4.58. The van der Waals surface area contributed by atoms with Crippen molar-refractivity contribution >= 4 is 0 Å². The molecule has 1 aromatic heterocycles. The number of imidazole rings is 1. The van der Waals surface area contributed by atoms with Crippen LogP contribution in [0.2, 0.25) is 0 Å². The molecule has 0 saturated heterocycles. The molecule has 2 aromatic carbocycles. The normalized spacial score (nSPS) is 12.3. The highest BCUT2D eigenvalue weighted by molar-refractivity contribution is 5.79. The smallest absolute Gasteiger partial charge is 0.132 e. The highest BCUT2D eigenvalue weighted by atomic mass is 16.5. The fraction of sp³-hybridized carbons (Fsp3) is 0.250. The van der Waals surface area contributed by atoms with Gasteiger partial charge in [-0.3, -0.25) is 0 Å². The number of aromatic nitrogens is 2. The van der Waals surface area contributed by atoms with Gasteiger partial charge in [0.05, 0.1) is 11.4 Å². The van der Waals surface area contributed by atoms with Gasteiger partial charge in [-0.25, -0.2) is 4.98 Å². The summed E-state index contributed by atoms with van der Waals surface area (Å²) in [5.41, 5.74) is 4.38. The Labute approximate surface area is 137 Å². The van der Waals surface area contributed by atoms with E-state index < -0.39 is 0 Å². The van der Waals surface area contributed by atoms with Crippen LogP contribution in [0.1, 0.15) is 25.9 Å². The van der Waals surface area contributed by atoms with Crippen LogP contribution in [0.25, 0.3) is 22.5 Å². The van der Waals surface area contributed by atoms with Gasteiger partial charge in [-0.2, -0.15) is 0 Å². The van der Waals surface area contributed by atoms with Crippen molar-refractivity contribution in [2.75, 3.05) is 6.61 Å². The van der Waals surface area contributed by atoms with Crippen LogP contribution < -0.4 is 0 Å². The molecule has 3 rings (SSSR count). The van der Waals surface area contributed by atoms with Crippen LogP contribution in [0.15, 0.2) is 60.7 Å². The van der Waals surface area contributed by atoms with E-state index in [9.17, 15) is 0 Å². The van der Waals surface area contributed by atoms with Crippen LogP contribution in [-0.4, -0.2) is 16.2 Å². The van der Waals surface area contributed by atoms with Crippen LogP contribution in [-0.2, 0) is 4.74 Å².